The number of methoxy groups -OCH3 is 3. The van der Waals surface area contributed by atoms with E-state index in [9.17, 15) is 14.7 Å². The van der Waals surface area contributed by atoms with Gasteiger partial charge in [-0.1, -0.05) is 42.8 Å². The highest BCUT2D eigenvalue weighted by Crippen LogP contribution is 2.45. The van der Waals surface area contributed by atoms with Crippen molar-refractivity contribution in [1.29, 1.82) is 0 Å². The third-order valence-electron chi connectivity index (χ3n) is 6.40. The van der Waals surface area contributed by atoms with Crippen molar-refractivity contribution in [1.82, 2.24) is 0 Å². The molecule has 7 heteroatoms. The lowest BCUT2D eigenvalue weighted by atomic mass is 9.93. The highest BCUT2D eigenvalue weighted by atomic mass is 16.5. The fourth-order valence-electron chi connectivity index (χ4n) is 4.48. The lowest BCUT2D eigenvalue weighted by Crippen LogP contribution is -2.29. The predicted molar refractivity (Wildman–Crippen MR) is 138 cm³/mol. The summed E-state index contributed by atoms with van der Waals surface area (Å²) in [4.78, 5) is 28.3. The molecule has 0 spiro atoms. The number of anilines is 1. The van der Waals surface area contributed by atoms with Gasteiger partial charge in [0.2, 0.25) is 0 Å². The van der Waals surface area contributed by atoms with Gasteiger partial charge in [0.05, 0.1) is 38.5 Å². The van der Waals surface area contributed by atoms with Crippen LogP contribution in [0.2, 0.25) is 0 Å². The fraction of sp³-hybridized carbons (Fsp3) is 0.241. The Morgan fingerprint density at radius 1 is 0.861 bits per heavy atom. The van der Waals surface area contributed by atoms with Crippen molar-refractivity contribution in [3.8, 4) is 17.2 Å². The normalized spacial score (nSPS) is 16.8. The van der Waals surface area contributed by atoms with Crippen molar-refractivity contribution in [2.24, 2.45) is 0 Å². The molecular formula is C29H29NO6. The Kier molecular flexibility index (Phi) is 7.01. The van der Waals surface area contributed by atoms with E-state index >= 15 is 0 Å². The number of amides is 1. The molecular weight excluding hydrogens is 458 g/mol. The van der Waals surface area contributed by atoms with Crippen LogP contribution in [0.3, 0.4) is 0 Å². The number of aryl methyl sites for hydroxylation is 2. The molecule has 0 bridgehead atoms. The molecule has 1 amide bonds. The molecule has 1 unspecified atom stereocenters. The molecule has 0 aliphatic carbocycles. The van der Waals surface area contributed by atoms with Gasteiger partial charge in [-0.05, 0) is 48.7 Å². The van der Waals surface area contributed by atoms with E-state index < -0.39 is 17.7 Å². The topological polar surface area (TPSA) is 85.3 Å². The SMILES string of the molecule is CCc1ccc(C2/C(=C(\O)c3cc(C)ccc3OC)C(=O)C(=O)N2c2ccc(OC)c(OC)c2)cc1. The second-order valence-electron chi connectivity index (χ2n) is 8.51. The zero-order valence-electron chi connectivity index (χ0n) is 21.0. The lowest BCUT2D eigenvalue weighted by molar-refractivity contribution is -0.132. The zero-order chi connectivity index (χ0) is 26.0. The molecule has 186 valence electrons. The number of benzene rings is 3. The van der Waals surface area contributed by atoms with Crippen LogP contribution in [-0.2, 0) is 16.0 Å². The van der Waals surface area contributed by atoms with Gasteiger partial charge in [-0.15, -0.1) is 0 Å². The quantitative estimate of drug-likeness (QED) is 0.280. The van der Waals surface area contributed by atoms with Crippen LogP contribution in [0.1, 0.15) is 35.2 Å². The first-order valence-electron chi connectivity index (χ1n) is 11.6. The van der Waals surface area contributed by atoms with Gasteiger partial charge in [0, 0.05) is 11.8 Å². The molecule has 1 saturated heterocycles. The minimum absolute atomic E-state index is 0.0112. The second-order valence-corrected chi connectivity index (χ2v) is 8.51. The summed E-state index contributed by atoms with van der Waals surface area (Å²) in [5, 5.41) is 11.5. The van der Waals surface area contributed by atoms with Crippen LogP contribution in [0.25, 0.3) is 5.76 Å². The molecule has 1 heterocycles. The average Bonchev–Trinajstić information content (AvgIpc) is 3.17. The van der Waals surface area contributed by atoms with Crippen molar-refractivity contribution in [2.75, 3.05) is 26.2 Å². The van der Waals surface area contributed by atoms with Crippen molar-refractivity contribution >= 4 is 23.1 Å². The Morgan fingerprint density at radius 3 is 2.11 bits per heavy atom. The number of hydrogen-bond donors (Lipinski definition) is 1. The van der Waals surface area contributed by atoms with Gasteiger partial charge in [-0.2, -0.15) is 0 Å². The van der Waals surface area contributed by atoms with E-state index in [0.29, 0.717) is 34.1 Å². The minimum atomic E-state index is -0.862. The first kappa shape index (κ1) is 24.9. The van der Waals surface area contributed by atoms with Crippen LogP contribution in [0, 0.1) is 6.92 Å². The van der Waals surface area contributed by atoms with E-state index in [1.807, 2.05) is 37.3 Å². The number of carbonyl (C=O) groups excluding carboxylic acids is 2. The molecule has 36 heavy (non-hydrogen) atoms. The Hall–Kier alpha value is -4.26. The fourth-order valence-corrected chi connectivity index (χ4v) is 4.48. The zero-order valence-corrected chi connectivity index (χ0v) is 21.0. The second kappa shape index (κ2) is 10.2. The standard InChI is InChI=1S/C29H29NO6/c1-6-18-8-10-19(11-9-18)26-25(27(31)21-15-17(2)7-13-22(21)34-3)28(32)29(33)30(26)20-12-14-23(35-4)24(16-20)36-5/h7-16,26,31H,6H2,1-5H3/b27-25+. The summed E-state index contributed by atoms with van der Waals surface area (Å²) in [6.07, 6.45) is 0.844. The highest BCUT2D eigenvalue weighted by Gasteiger charge is 2.47. The van der Waals surface area contributed by atoms with Crippen LogP contribution >= 0.6 is 0 Å². The van der Waals surface area contributed by atoms with E-state index in [1.54, 1.807) is 30.3 Å². The maximum Gasteiger partial charge on any atom is 0.300 e. The number of aliphatic hydroxyl groups excluding tert-OH is 1. The van der Waals surface area contributed by atoms with E-state index in [0.717, 1.165) is 17.5 Å². The van der Waals surface area contributed by atoms with Crippen LogP contribution in [0.15, 0.2) is 66.2 Å². The highest BCUT2D eigenvalue weighted by molar-refractivity contribution is 6.51. The van der Waals surface area contributed by atoms with Gasteiger partial charge in [0.25, 0.3) is 11.7 Å². The van der Waals surface area contributed by atoms with Crippen LogP contribution in [0.5, 0.6) is 17.2 Å². The largest absolute Gasteiger partial charge is 0.507 e. The number of rotatable bonds is 7. The van der Waals surface area contributed by atoms with Gasteiger partial charge >= 0.3 is 0 Å². The number of carbonyl (C=O) groups is 2. The van der Waals surface area contributed by atoms with Crippen LogP contribution in [-0.4, -0.2) is 38.1 Å². The molecule has 0 saturated carbocycles. The molecule has 1 fully saturated rings. The summed E-state index contributed by atoms with van der Waals surface area (Å²) in [6, 6.07) is 17.1. The van der Waals surface area contributed by atoms with E-state index in [2.05, 4.69) is 6.92 Å². The summed E-state index contributed by atoms with van der Waals surface area (Å²) in [5.41, 5.74) is 3.45. The predicted octanol–water partition coefficient (Wildman–Crippen LogP) is 5.21. The minimum Gasteiger partial charge on any atom is -0.507 e. The Balaban J connectivity index is 1.97. The first-order chi connectivity index (χ1) is 17.3. The Morgan fingerprint density at radius 2 is 1.50 bits per heavy atom. The third kappa shape index (κ3) is 4.28. The summed E-state index contributed by atoms with van der Waals surface area (Å²) in [5.74, 6) is -0.518. The van der Waals surface area contributed by atoms with Crippen molar-refractivity contribution in [3.05, 3.63) is 88.5 Å². The molecule has 0 radical (unpaired) electrons. The lowest BCUT2D eigenvalue weighted by Gasteiger charge is -2.26. The summed E-state index contributed by atoms with van der Waals surface area (Å²) < 4.78 is 16.2. The number of hydrogen-bond acceptors (Lipinski definition) is 6. The molecule has 1 aliphatic heterocycles. The van der Waals surface area contributed by atoms with Crippen LogP contribution < -0.4 is 19.1 Å². The molecule has 3 aromatic rings. The van der Waals surface area contributed by atoms with E-state index in [-0.39, 0.29) is 11.3 Å². The van der Waals surface area contributed by atoms with Crippen molar-refractivity contribution in [3.63, 3.8) is 0 Å². The van der Waals surface area contributed by atoms with Gasteiger partial charge in [-0.25, -0.2) is 0 Å². The monoisotopic (exact) mass is 487 g/mol. The molecule has 7 nitrogen and oxygen atoms in total. The first-order valence-corrected chi connectivity index (χ1v) is 11.6. The van der Waals surface area contributed by atoms with Crippen molar-refractivity contribution in [2.45, 2.75) is 26.3 Å². The van der Waals surface area contributed by atoms with Gasteiger partial charge < -0.3 is 19.3 Å². The number of aliphatic hydroxyl groups is 1. The molecule has 3 aromatic carbocycles. The number of ether oxygens (including phenoxy) is 3. The molecule has 1 aliphatic rings. The van der Waals surface area contributed by atoms with Gasteiger partial charge in [-0.3, -0.25) is 14.5 Å². The van der Waals surface area contributed by atoms with Crippen molar-refractivity contribution < 1.29 is 28.9 Å². The maximum atomic E-state index is 13.5. The van der Waals surface area contributed by atoms with Crippen LogP contribution in [0.4, 0.5) is 5.69 Å². The maximum absolute atomic E-state index is 13.5. The van der Waals surface area contributed by atoms with E-state index in [4.69, 9.17) is 14.2 Å². The average molecular weight is 488 g/mol. The summed E-state index contributed by atoms with van der Waals surface area (Å²) >= 11 is 0. The third-order valence-corrected chi connectivity index (χ3v) is 6.40. The smallest absolute Gasteiger partial charge is 0.300 e. The molecule has 1 atom stereocenters. The van der Waals surface area contributed by atoms with Gasteiger partial charge in [0.1, 0.15) is 11.5 Å². The van der Waals surface area contributed by atoms with E-state index in [1.165, 1.54) is 26.2 Å². The molecule has 4 rings (SSSR count). The Bertz CT molecular complexity index is 1340. The number of ketones is 1. The Labute approximate surface area is 210 Å². The summed E-state index contributed by atoms with van der Waals surface area (Å²) in [7, 11) is 4.51. The number of nitrogens with zero attached hydrogens (tertiary/aromatic N) is 1. The number of Topliss-reactive ketones (excluding diaryl/α,β-unsaturated/α-hetero) is 1. The molecule has 0 aromatic heterocycles. The molecule has 1 N–H and O–H groups in total. The summed E-state index contributed by atoms with van der Waals surface area (Å²) in [6.45, 7) is 3.92. The van der Waals surface area contributed by atoms with Gasteiger partial charge in [0.15, 0.2) is 11.5 Å².